The minimum Gasteiger partial charge on any atom is -0.492 e. The molecule has 130 valence electrons. The quantitative estimate of drug-likeness (QED) is 0.708. The number of aromatic nitrogens is 2. The zero-order valence-corrected chi connectivity index (χ0v) is 14.8. The smallest absolute Gasteiger partial charge is 0.257 e. The zero-order chi connectivity index (χ0) is 17.8. The first kappa shape index (κ1) is 17.3. The van der Waals surface area contributed by atoms with Crippen molar-refractivity contribution in [1.82, 2.24) is 14.9 Å². The van der Waals surface area contributed by atoms with E-state index in [2.05, 4.69) is 15.3 Å². The predicted molar refractivity (Wildman–Crippen MR) is 99.5 cm³/mol. The Morgan fingerprint density at radius 1 is 1.36 bits per heavy atom. The molecule has 0 aliphatic rings. The standard InChI is InChI=1S/C18H19ClN4O2/c1-23(2)8-9-25-13-5-3-4-12(10-13)22-18(24)14-11-21-17-16(14)15(19)6-7-20-17/h3-7,10-11H,8-9H2,1-2H3,(H,20,21)(H,22,24). The largest absolute Gasteiger partial charge is 0.492 e. The second kappa shape index (κ2) is 7.55. The van der Waals surface area contributed by atoms with E-state index in [-0.39, 0.29) is 5.91 Å². The molecule has 0 radical (unpaired) electrons. The molecule has 3 aromatic rings. The van der Waals surface area contributed by atoms with Crippen molar-refractivity contribution in [1.29, 1.82) is 0 Å². The molecule has 0 aliphatic carbocycles. The molecule has 0 atom stereocenters. The summed E-state index contributed by atoms with van der Waals surface area (Å²) in [5, 5.41) is 3.96. The van der Waals surface area contributed by atoms with Crippen molar-refractivity contribution in [3.8, 4) is 5.75 Å². The molecule has 0 fully saturated rings. The molecule has 2 N–H and O–H groups in total. The number of halogens is 1. The van der Waals surface area contributed by atoms with E-state index in [9.17, 15) is 4.79 Å². The topological polar surface area (TPSA) is 70.2 Å². The van der Waals surface area contributed by atoms with Crippen molar-refractivity contribution in [2.24, 2.45) is 0 Å². The number of carbonyl (C=O) groups excluding carboxylic acids is 1. The van der Waals surface area contributed by atoms with Crippen LogP contribution in [0.5, 0.6) is 5.75 Å². The van der Waals surface area contributed by atoms with Gasteiger partial charge >= 0.3 is 0 Å². The van der Waals surface area contributed by atoms with Gasteiger partial charge in [-0.1, -0.05) is 17.7 Å². The van der Waals surface area contributed by atoms with Gasteiger partial charge in [0, 0.05) is 30.7 Å². The molecular weight excluding hydrogens is 340 g/mol. The van der Waals surface area contributed by atoms with Crippen LogP contribution in [-0.4, -0.2) is 48.0 Å². The Balaban J connectivity index is 1.74. The Hall–Kier alpha value is -2.57. The summed E-state index contributed by atoms with van der Waals surface area (Å²) >= 11 is 6.19. The maximum absolute atomic E-state index is 12.6. The van der Waals surface area contributed by atoms with Crippen molar-refractivity contribution in [3.05, 3.63) is 53.3 Å². The molecule has 1 amide bonds. The number of H-pyrrole nitrogens is 1. The number of hydrogen-bond donors (Lipinski definition) is 2. The Bertz CT molecular complexity index is 892. The van der Waals surface area contributed by atoms with E-state index in [0.717, 1.165) is 6.54 Å². The van der Waals surface area contributed by atoms with Crippen LogP contribution >= 0.6 is 11.6 Å². The Kier molecular flexibility index (Phi) is 5.21. The number of aromatic amines is 1. The number of ether oxygens (including phenoxy) is 1. The monoisotopic (exact) mass is 358 g/mol. The molecule has 2 heterocycles. The maximum Gasteiger partial charge on any atom is 0.257 e. The fourth-order valence-corrected chi connectivity index (χ4v) is 2.65. The van der Waals surface area contributed by atoms with E-state index in [1.807, 2.05) is 37.2 Å². The second-order valence-electron chi connectivity index (χ2n) is 5.85. The third-order valence-electron chi connectivity index (χ3n) is 3.67. The highest BCUT2D eigenvalue weighted by Gasteiger charge is 2.15. The summed E-state index contributed by atoms with van der Waals surface area (Å²) in [6.45, 7) is 1.39. The van der Waals surface area contributed by atoms with E-state index in [1.165, 1.54) is 0 Å². The highest BCUT2D eigenvalue weighted by atomic mass is 35.5. The third kappa shape index (κ3) is 4.10. The summed E-state index contributed by atoms with van der Waals surface area (Å²) in [5.41, 5.74) is 1.69. The van der Waals surface area contributed by atoms with Crippen LogP contribution in [-0.2, 0) is 0 Å². The first-order valence-corrected chi connectivity index (χ1v) is 8.23. The maximum atomic E-state index is 12.6. The van der Waals surface area contributed by atoms with E-state index in [0.29, 0.717) is 39.7 Å². The van der Waals surface area contributed by atoms with E-state index >= 15 is 0 Å². The minimum absolute atomic E-state index is 0.258. The second-order valence-corrected chi connectivity index (χ2v) is 6.26. The van der Waals surface area contributed by atoms with Crippen molar-refractivity contribution in [2.45, 2.75) is 0 Å². The average Bonchev–Trinajstić information content (AvgIpc) is 3.00. The molecule has 1 aromatic carbocycles. The minimum atomic E-state index is -0.258. The molecule has 0 spiro atoms. The van der Waals surface area contributed by atoms with Gasteiger partial charge in [0.1, 0.15) is 18.0 Å². The average molecular weight is 359 g/mol. The summed E-state index contributed by atoms with van der Waals surface area (Å²) in [7, 11) is 3.97. The SMILES string of the molecule is CN(C)CCOc1cccc(NC(=O)c2c[nH]c3nccc(Cl)c23)c1. The number of nitrogens with zero attached hydrogens (tertiary/aromatic N) is 2. The molecule has 3 rings (SSSR count). The van der Waals surface area contributed by atoms with Gasteiger partial charge in [-0.05, 0) is 32.3 Å². The van der Waals surface area contributed by atoms with Crippen LogP contribution in [0.4, 0.5) is 5.69 Å². The van der Waals surface area contributed by atoms with Crippen molar-refractivity contribution < 1.29 is 9.53 Å². The number of pyridine rings is 1. The summed E-state index contributed by atoms with van der Waals surface area (Å²) in [6.07, 6.45) is 3.20. The fourth-order valence-electron chi connectivity index (χ4n) is 2.40. The molecule has 0 saturated heterocycles. The number of anilines is 1. The van der Waals surface area contributed by atoms with Gasteiger partial charge in [0.05, 0.1) is 16.0 Å². The van der Waals surface area contributed by atoms with Gasteiger partial charge in [-0.15, -0.1) is 0 Å². The summed E-state index contributed by atoms with van der Waals surface area (Å²) in [5.74, 6) is 0.449. The van der Waals surface area contributed by atoms with Crippen molar-refractivity contribution in [3.63, 3.8) is 0 Å². The highest BCUT2D eigenvalue weighted by molar-refractivity contribution is 6.36. The lowest BCUT2D eigenvalue weighted by atomic mass is 10.2. The van der Waals surface area contributed by atoms with Crippen LogP contribution in [0.3, 0.4) is 0 Å². The van der Waals surface area contributed by atoms with Crippen LogP contribution in [0, 0.1) is 0 Å². The molecule has 0 aliphatic heterocycles. The Labute approximate surface area is 150 Å². The molecule has 7 heteroatoms. The number of rotatable bonds is 6. The van der Waals surface area contributed by atoms with Gasteiger partial charge in [-0.3, -0.25) is 4.79 Å². The number of amides is 1. The van der Waals surface area contributed by atoms with Gasteiger partial charge in [-0.2, -0.15) is 0 Å². The van der Waals surface area contributed by atoms with Gasteiger partial charge in [0.15, 0.2) is 0 Å². The summed E-state index contributed by atoms with van der Waals surface area (Å²) < 4.78 is 5.69. The zero-order valence-electron chi connectivity index (χ0n) is 14.0. The van der Waals surface area contributed by atoms with E-state index < -0.39 is 0 Å². The highest BCUT2D eigenvalue weighted by Crippen LogP contribution is 2.26. The molecule has 25 heavy (non-hydrogen) atoms. The van der Waals surface area contributed by atoms with Crippen LogP contribution < -0.4 is 10.1 Å². The first-order valence-electron chi connectivity index (χ1n) is 7.85. The van der Waals surface area contributed by atoms with E-state index in [4.69, 9.17) is 16.3 Å². The van der Waals surface area contributed by atoms with Gasteiger partial charge < -0.3 is 19.9 Å². The van der Waals surface area contributed by atoms with E-state index in [1.54, 1.807) is 24.5 Å². The molecule has 2 aromatic heterocycles. The van der Waals surface area contributed by atoms with Crippen LogP contribution in [0.25, 0.3) is 11.0 Å². The lowest BCUT2D eigenvalue weighted by molar-refractivity contribution is 0.102. The van der Waals surface area contributed by atoms with Gasteiger partial charge in [0.2, 0.25) is 0 Å². The fraction of sp³-hybridized carbons (Fsp3) is 0.222. The molecule has 6 nitrogen and oxygen atoms in total. The van der Waals surface area contributed by atoms with Crippen LogP contribution in [0.2, 0.25) is 5.02 Å². The first-order chi connectivity index (χ1) is 12.0. The lowest BCUT2D eigenvalue weighted by Crippen LogP contribution is -2.19. The number of hydrogen-bond acceptors (Lipinski definition) is 4. The van der Waals surface area contributed by atoms with Crippen LogP contribution in [0.1, 0.15) is 10.4 Å². The Morgan fingerprint density at radius 3 is 3.00 bits per heavy atom. The lowest BCUT2D eigenvalue weighted by Gasteiger charge is -2.12. The van der Waals surface area contributed by atoms with Crippen LogP contribution in [0.15, 0.2) is 42.7 Å². The third-order valence-corrected chi connectivity index (χ3v) is 3.98. The molecular formula is C18H19ClN4O2. The summed E-state index contributed by atoms with van der Waals surface area (Å²) in [6, 6.07) is 8.96. The normalized spacial score (nSPS) is 11.0. The number of likely N-dealkylation sites (N-methyl/N-ethyl adjacent to an activating group) is 1. The molecule has 0 unspecified atom stereocenters. The molecule has 0 saturated carbocycles. The van der Waals surface area contributed by atoms with Gasteiger partial charge in [0.25, 0.3) is 5.91 Å². The van der Waals surface area contributed by atoms with Crippen molar-refractivity contribution >= 4 is 34.2 Å². The molecule has 0 bridgehead atoms. The number of benzene rings is 1. The number of nitrogens with one attached hydrogen (secondary N) is 2. The summed E-state index contributed by atoms with van der Waals surface area (Å²) in [4.78, 5) is 21.8. The van der Waals surface area contributed by atoms with Gasteiger partial charge in [-0.25, -0.2) is 4.98 Å². The predicted octanol–water partition coefficient (Wildman–Crippen LogP) is 3.41. The van der Waals surface area contributed by atoms with Crippen molar-refractivity contribution in [2.75, 3.05) is 32.6 Å². The Morgan fingerprint density at radius 2 is 2.20 bits per heavy atom. The number of fused-ring (bicyclic) bond motifs is 1. The number of carbonyl (C=O) groups is 1.